The van der Waals surface area contributed by atoms with Crippen molar-refractivity contribution in [3.8, 4) is 51.1 Å². The van der Waals surface area contributed by atoms with E-state index in [1.165, 1.54) is 0 Å². The maximum Gasteiger partial charge on any atom is 0.205 e. The molecule has 4 aromatic carbocycles. The fourth-order valence-corrected chi connectivity index (χ4v) is 6.23. The Morgan fingerprint density at radius 1 is 0.543 bits per heavy atom. The zero-order valence-electron chi connectivity index (χ0n) is 24.4. The van der Waals surface area contributed by atoms with Crippen molar-refractivity contribution in [1.82, 2.24) is 19.9 Å². The number of hydrogen-bond donors (Lipinski definition) is 0. The highest BCUT2D eigenvalue weighted by atomic mass is 14.8. The van der Waals surface area contributed by atoms with Gasteiger partial charge < -0.3 is 0 Å². The van der Waals surface area contributed by atoms with Crippen LogP contribution in [0.25, 0.3) is 82.2 Å². The molecule has 0 unspecified atom stereocenters. The molecule has 0 amide bonds. The third-order valence-electron chi connectivity index (χ3n) is 8.24. The largest absolute Gasteiger partial charge is 0.276 e. The average molecular weight is 587 g/mol. The van der Waals surface area contributed by atoms with Gasteiger partial charge in [0.2, 0.25) is 5.69 Å². The van der Waals surface area contributed by atoms with Crippen molar-refractivity contribution in [2.45, 2.75) is 0 Å². The molecule has 6 heteroatoms. The maximum atomic E-state index is 9.46. The van der Waals surface area contributed by atoms with Gasteiger partial charge in [0.1, 0.15) is 6.07 Å². The van der Waals surface area contributed by atoms with Crippen LogP contribution in [0.1, 0.15) is 5.56 Å². The Morgan fingerprint density at radius 3 is 1.87 bits per heavy atom. The highest BCUT2D eigenvalue weighted by Gasteiger charge is 2.20. The summed E-state index contributed by atoms with van der Waals surface area (Å²) in [6.07, 6.45) is 6.60. The molecule has 212 valence electrons. The van der Waals surface area contributed by atoms with Gasteiger partial charge in [0.15, 0.2) is 0 Å². The molecular weight excluding hydrogens is 564 g/mol. The second kappa shape index (κ2) is 11.1. The Bertz CT molecular complexity index is 2570. The van der Waals surface area contributed by atoms with Crippen molar-refractivity contribution in [1.29, 1.82) is 5.26 Å². The molecule has 4 heterocycles. The molecule has 0 spiro atoms. The molecule has 0 fully saturated rings. The topological polar surface area (TPSA) is 79.7 Å². The van der Waals surface area contributed by atoms with E-state index < -0.39 is 0 Å². The van der Waals surface area contributed by atoms with E-state index >= 15 is 0 Å². The molecule has 8 aromatic rings. The van der Waals surface area contributed by atoms with Crippen LogP contribution in [0.4, 0.5) is 5.69 Å². The summed E-state index contributed by atoms with van der Waals surface area (Å²) < 4.78 is 0. The van der Waals surface area contributed by atoms with Crippen LogP contribution in [0.2, 0.25) is 0 Å². The first-order chi connectivity index (χ1) is 22.7. The molecule has 0 N–H and O–H groups in total. The molecule has 0 aliphatic rings. The van der Waals surface area contributed by atoms with Crippen molar-refractivity contribution in [3.63, 3.8) is 0 Å². The maximum absolute atomic E-state index is 9.46. The summed E-state index contributed by atoms with van der Waals surface area (Å²) >= 11 is 0. The van der Waals surface area contributed by atoms with Crippen LogP contribution in [0.15, 0.2) is 134 Å². The molecule has 0 atom stereocenters. The highest BCUT2D eigenvalue weighted by Crippen LogP contribution is 2.45. The predicted octanol–water partition coefficient (Wildman–Crippen LogP) is 9.82. The van der Waals surface area contributed by atoms with Crippen LogP contribution in [-0.2, 0) is 0 Å². The third kappa shape index (κ3) is 4.50. The minimum Gasteiger partial charge on any atom is -0.276 e. The lowest BCUT2D eigenvalue weighted by Crippen LogP contribution is -1.96. The molecule has 46 heavy (non-hydrogen) atoms. The van der Waals surface area contributed by atoms with Crippen LogP contribution in [0, 0.1) is 17.9 Å². The average Bonchev–Trinajstić information content (AvgIpc) is 3.13. The van der Waals surface area contributed by atoms with Crippen LogP contribution in [0.5, 0.6) is 0 Å². The van der Waals surface area contributed by atoms with E-state index in [1.807, 2.05) is 48.5 Å². The van der Waals surface area contributed by atoms with Gasteiger partial charge in [-0.3, -0.25) is 9.97 Å². The number of nitrogens with zero attached hydrogens (tertiary/aromatic N) is 6. The third-order valence-corrected chi connectivity index (χ3v) is 8.24. The summed E-state index contributed by atoms with van der Waals surface area (Å²) in [6.45, 7) is 7.45. The second-order valence-corrected chi connectivity index (χ2v) is 10.9. The fraction of sp³-hybridized carbons (Fsp3) is 0. The highest BCUT2D eigenvalue weighted by molar-refractivity contribution is 6.27. The summed E-state index contributed by atoms with van der Waals surface area (Å²) in [5, 5.41) is 16.0. The van der Waals surface area contributed by atoms with Gasteiger partial charge in [-0.25, -0.2) is 14.8 Å². The number of fused-ring (bicyclic) bond motifs is 4. The number of nitriles is 1. The number of benzene rings is 4. The summed E-state index contributed by atoms with van der Waals surface area (Å²) in [7, 11) is 0. The summed E-state index contributed by atoms with van der Waals surface area (Å²) in [4.78, 5) is 22.4. The molecular formula is C40H22N6. The van der Waals surface area contributed by atoms with Crippen molar-refractivity contribution in [2.75, 3.05) is 0 Å². The van der Waals surface area contributed by atoms with E-state index in [0.717, 1.165) is 77.3 Å². The summed E-state index contributed by atoms with van der Waals surface area (Å²) in [6, 6.07) is 39.0. The van der Waals surface area contributed by atoms with Crippen molar-refractivity contribution in [2.24, 2.45) is 0 Å². The minimum absolute atomic E-state index is 0.473. The van der Waals surface area contributed by atoms with Gasteiger partial charge in [-0.15, -0.1) is 0 Å². The van der Waals surface area contributed by atoms with Gasteiger partial charge in [0.05, 0.1) is 34.9 Å². The van der Waals surface area contributed by atoms with Crippen LogP contribution in [0.3, 0.4) is 0 Å². The zero-order chi connectivity index (χ0) is 31.0. The lowest BCUT2D eigenvalue weighted by molar-refractivity contribution is 1.27. The normalized spacial score (nSPS) is 11.0. The first-order valence-electron chi connectivity index (χ1n) is 14.7. The molecule has 0 saturated heterocycles. The Kier molecular flexibility index (Phi) is 6.45. The first-order valence-corrected chi connectivity index (χ1v) is 14.7. The Balaban J connectivity index is 1.45. The standard InChI is InChI=1S/C40H22N6/c1-42-29-19-28(23-44-24-29)35-13-7-15-37(46-35)40-32-11-5-4-10-31(32)38(33-17-16-26-8-2-3-9-30(26)39(33)40)36-14-6-12-34(45-36)27-18-25(20-41)21-43-22-27/h2-19,21-24H. The van der Waals surface area contributed by atoms with E-state index in [9.17, 15) is 5.26 Å². The number of hydrogen-bond acceptors (Lipinski definition) is 5. The van der Waals surface area contributed by atoms with Gasteiger partial charge in [-0.2, -0.15) is 5.26 Å². The number of pyridine rings is 4. The molecule has 6 nitrogen and oxygen atoms in total. The molecule has 4 aromatic heterocycles. The molecule has 8 rings (SSSR count). The summed E-state index contributed by atoms with van der Waals surface area (Å²) in [5.41, 5.74) is 7.75. The fourth-order valence-electron chi connectivity index (χ4n) is 6.23. The SMILES string of the molecule is [C-]#[N+]c1cncc(-c2cccc(-c3c4ccccc4c(-c4cccc(-c5cncc(C#N)c5)n4)c4ccc5ccccc5c34)n2)c1. The van der Waals surface area contributed by atoms with Gasteiger partial charge in [0.25, 0.3) is 0 Å². The number of rotatable bonds is 4. The van der Waals surface area contributed by atoms with E-state index in [4.69, 9.17) is 16.5 Å². The van der Waals surface area contributed by atoms with Crippen LogP contribution >= 0.6 is 0 Å². The van der Waals surface area contributed by atoms with E-state index in [2.05, 4.69) is 81.5 Å². The Morgan fingerprint density at radius 2 is 1.15 bits per heavy atom. The second-order valence-electron chi connectivity index (χ2n) is 10.9. The van der Waals surface area contributed by atoms with Gasteiger partial charge in [-0.1, -0.05) is 72.8 Å². The molecule has 0 aliphatic heterocycles. The van der Waals surface area contributed by atoms with Crippen molar-refractivity contribution < 1.29 is 0 Å². The Hall–Kier alpha value is -6.76. The van der Waals surface area contributed by atoms with Crippen LogP contribution < -0.4 is 0 Å². The van der Waals surface area contributed by atoms with E-state index in [1.54, 1.807) is 24.8 Å². The minimum atomic E-state index is 0.473. The molecule has 0 aliphatic carbocycles. The monoisotopic (exact) mass is 586 g/mol. The lowest BCUT2D eigenvalue weighted by atomic mass is 9.86. The van der Waals surface area contributed by atoms with Crippen LogP contribution in [-0.4, -0.2) is 19.9 Å². The zero-order valence-corrected chi connectivity index (χ0v) is 24.4. The quantitative estimate of drug-likeness (QED) is 0.116. The predicted molar refractivity (Wildman–Crippen MR) is 183 cm³/mol. The van der Waals surface area contributed by atoms with Crippen molar-refractivity contribution in [3.05, 3.63) is 151 Å². The molecule has 0 bridgehead atoms. The first kappa shape index (κ1) is 26.8. The van der Waals surface area contributed by atoms with Gasteiger partial charge >= 0.3 is 0 Å². The number of aromatic nitrogens is 4. The Labute approximate surface area is 264 Å². The molecule has 0 saturated carbocycles. The lowest BCUT2D eigenvalue weighted by Gasteiger charge is -2.19. The molecule has 0 radical (unpaired) electrons. The summed E-state index contributed by atoms with van der Waals surface area (Å²) in [5.74, 6) is 0. The van der Waals surface area contributed by atoms with E-state index in [0.29, 0.717) is 11.3 Å². The van der Waals surface area contributed by atoms with Gasteiger partial charge in [-0.05, 0) is 63.3 Å². The smallest absolute Gasteiger partial charge is 0.205 e. The van der Waals surface area contributed by atoms with E-state index in [-0.39, 0.29) is 0 Å². The van der Waals surface area contributed by atoms with Gasteiger partial charge in [0, 0.05) is 52.4 Å². The van der Waals surface area contributed by atoms with Crippen molar-refractivity contribution >= 4 is 38.0 Å².